The van der Waals surface area contributed by atoms with Gasteiger partial charge in [-0.1, -0.05) is 0 Å². The highest BCUT2D eigenvalue weighted by molar-refractivity contribution is 7.89. The zero-order chi connectivity index (χ0) is 15.5. The molecule has 1 fully saturated rings. The van der Waals surface area contributed by atoms with E-state index in [9.17, 15) is 13.2 Å². The van der Waals surface area contributed by atoms with Crippen LogP contribution in [0.1, 0.15) is 19.8 Å². The molecule has 2 heterocycles. The molecule has 0 spiro atoms. The lowest BCUT2D eigenvalue weighted by molar-refractivity contribution is -0.132. The summed E-state index contributed by atoms with van der Waals surface area (Å²) in [4.78, 5) is 17.1. The van der Waals surface area contributed by atoms with Crippen LogP contribution in [0.5, 0.6) is 0 Å². The van der Waals surface area contributed by atoms with Crippen LogP contribution in [0.25, 0.3) is 0 Å². The van der Waals surface area contributed by atoms with E-state index in [0.717, 1.165) is 6.54 Å². The van der Waals surface area contributed by atoms with Gasteiger partial charge in [-0.2, -0.15) is 0 Å². The highest BCUT2D eigenvalue weighted by Gasteiger charge is 2.27. The van der Waals surface area contributed by atoms with Crippen LogP contribution in [0.15, 0.2) is 23.2 Å². The molecule has 2 N–H and O–H groups in total. The van der Waals surface area contributed by atoms with E-state index >= 15 is 0 Å². The first-order valence-corrected chi connectivity index (χ1v) is 8.37. The quantitative estimate of drug-likeness (QED) is 0.822. The van der Waals surface area contributed by atoms with Crippen molar-refractivity contribution in [1.29, 1.82) is 0 Å². The molecule has 8 heteroatoms. The molecule has 21 heavy (non-hydrogen) atoms. The fraction of sp³-hybridized carbons (Fsp3) is 0.538. The summed E-state index contributed by atoms with van der Waals surface area (Å²) in [5, 5.41) is 3.01. The summed E-state index contributed by atoms with van der Waals surface area (Å²) in [6.45, 7) is 3.05. The van der Waals surface area contributed by atoms with Crippen molar-refractivity contribution in [1.82, 2.24) is 14.6 Å². The van der Waals surface area contributed by atoms with Gasteiger partial charge in [0.1, 0.15) is 10.7 Å². The number of likely N-dealkylation sites (tertiary alicyclic amines) is 1. The summed E-state index contributed by atoms with van der Waals surface area (Å²) in [6, 6.07) is 2.89. The summed E-state index contributed by atoms with van der Waals surface area (Å²) < 4.78 is 27.2. The second-order valence-corrected chi connectivity index (χ2v) is 6.75. The maximum Gasteiger partial charge on any atom is 0.242 e. The van der Waals surface area contributed by atoms with Crippen LogP contribution in [0.3, 0.4) is 0 Å². The number of nitrogens with zero attached hydrogens (tertiary/aromatic N) is 2. The number of aromatic nitrogens is 1. The van der Waals surface area contributed by atoms with Crippen molar-refractivity contribution in [3.8, 4) is 0 Å². The number of amides is 1. The smallest absolute Gasteiger partial charge is 0.242 e. The van der Waals surface area contributed by atoms with Crippen LogP contribution in [0.2, 0.25) is 0 Å². The number of carbonyl (C=O) groups is 1. The fourth-order valence-corrected chi connectivity index (χ4v) is 3.43. The van der Waals surface area contributed by atoms with Gasteiger partial charge in [-0.3, -0.25) is 4.79 Å². The van der Waals surface area contributed by atoms with Crippen LogP contribution < -0.4 is 10.0 Å². The summed E-state index contributed by atoms with van der Waals surface area (Å²) in [6.07, 6.45) is 2.21. The van der Waals surface area contributed by atoms with Gasteiger partial charge in [-0.25, -0.2) is 18.1 Å². The first kappa shape index (κ1) is 15.7. The molecule has 0 radical (unpaired) electrons. The standard InChI is InChI=1S/C13H20N4O3S/c1-3-14-12-6-5-11(8-15-12)21(19,20)16-10-4-7-13(18)17(2)9-10/h5-6,8,10,16H,3-4,7,9H2,1-2H3,(H,14,15). The molecule has 1 amide bonds. The highest BCUT2D eigenvalue weighted by Crippen LogP contribution is 2.15. The number of hydrogen-bond acceptors (Lipinski definition) is 5. The van der Waals surface area contributed by atoms with E-state index in [-0.39, 0.29) is 16.8 Å². The second-order valence-electron chi connectivity index (χ2n) is 5.04. The van der Waals surface area contributed by atoms with Gasteiger partial charge in [0.15, 0.2) is 0 Å². The number of hydrogen-bond donors (Lipinski definition) is 2. The maximum absolute atomic E-state index is 12.3. The molecule has 1 aliphatic heterocycles. The van der Waals surface area contributed by atoms with Crippen LogP contribution in [0.4, 0.5) is 5.82 Å². The SMILES string of the molecule is CCNc1ccc(S(=O)(=O)NC2CCC(=O)N(C)C2)cn1. The predicted molar refractivity (Wildman–Crippen MR) is 79.4 cm³/mol. The molecule has 1 aliphatic rings. The van der Waals surface area contributed by atoms with Crippen LogP contribution in [-0.4, -0.2) is 50.4 Å². The molecule has 0 saturated carbocycles. The van der Waals surface area contributed by atoms with Gasteiger partial charge in [0, 0.05) is 38.8 Å². The summed E-state index contributed by atoms with van der Waals surface area (Å²) >= 11 is 0. The van der Waals surface area contributed by atoms with Crippen LogP contribution in [-0.2, 0) is 14.8 Å². The van der Waals surface area contributed by atoms with E-state index in [1.54, 1.807) is 18.0 Å². The van der Waals surface area contributed by atoms with E-state index in [1.807, 2.05) is 6.92 Å². The zero-order valence-corrected chi connectivity index (χ0v) is 13.0. The van der Waals surface area contributed by atoms with Gasteiger partial charge in [-0.05, 0) is 25.5 Å². The van der Waals surface area contributed by atoms with E-state index in [0.29, 0.717) is 25.2 Å². The van der Waals surface area contributed by atoms with Crippen molar-refractivity contribution in [2.75, 3.05) is 25.5 Å². The Bertz CT molecular complexity index is 600. The Labute approximate surface area is 124 Å². The first-order chi connectivity index (χ1) is 9.92. The Kier molecular flexibility index (Phi) is 4.79. The van der Waals surface area contributed by atoms with Crippen molar-refractivity contribution in [2.24, 2.45) is 0 Å². The molecule has 0 aromatic carbocycles. The Balaban J connectivity index is 2.06. The number of sulfonamides is 1. The van der Waals surface area contributed by atoms with Crippen molar-refractivity contribution >= 4 is 21.7 Å². The number of carbonyl (C=O) groups excluding carboxylic acids is 1. The van der Waals surface area contributed by atoms with E-state index in [2.05, 4.69) is 15.0 Å². The molecule has 0 aliphatic carbocycles. The van der Waals surface area contributed by atoms with Gasteiger partial charge < -0.3 is 10.2 Å². The number of likely N-dealkylation sites (N-methyl/N-ethyl adjacent to an activating group) is 1. The third-order valence-corrected chi connectivity index (χ3v) is 4.86. The van der Waals surface area contributed by atoms with Gasteiger partial charge in [0.25, 0.3) is 0 Å². The van der Waals surface area contributed by atoms with Gasteiger partial charge in [-0.15, -0.1) is 0 Å². The number of nitrogens with one attached hydrogen (secondary N) is 2. The monoisotopic (exact) mass is 312 g/mol. The lowest BCUT2D eigenvalue weighted by Gasteiger charge is -2.29. The molecule has 0 bridgehead atoms. The molecule has 1 aromatic rings. The third-order valence-electron chi connectivity index (χ3n) is 3.35. The Morgan fingerprint density at radius 2 is 2.19 bits per heavy atom. The molecule has 1 aromatic heterocycles. The lowest BCUT2D eigenvalue weighted by atomic mass is 10.1. The van der Waals surface area contributed by atoms with Gasteiger partial charge >= 0.3 is 0 Å². The Morgan fingerprint density at radius 1 is 1.43 bits per heavy atom. The number of rotatable bonds is 5. The summed E-state index contributed by atoms with van der Waals surface area (Å²) in [5.74, 6) is 0.682. The molecule has 1 unspecified atom stereocenters. The number of anilines is 1. The lowest BCUT2D eigenvalue weighted by Crippen LogP contribution is -2.48. The molecule has 1 atom stereocenters. The minimum atomic E-state index is -3.61. The molecule has 7 nitrogen and oxygen atoms in total. The van der Waals surface area contributed by atoms with E-state index < -0.39 is 10.0 Å². The first-order valence-electron chi connectivity index (χ1n) is 6.88. The molecule has 1 saturated heterocycles. The Morgan fingerprint density at radius 3 is 2.76 bits per heavy atom. The second kappa shape index (κ2) is 6.40. The number of piperidine rings is 1. The zero-order valence-electron chi connectivity index (χ0n) is 12.2. The summed E-state index contributed by atoms with van der Waals surface area (Å²) in [5.41, 5.74) is 0. The van der Waals surface area contributed by atoms with Crippen molar-refractivity contribution in [3.63, 3.8) is 0 Å². The summed E-state index contributed by atoms with van der Waals surface area (Å²) in [7, 11) is -1.93. The minimum absolute atomic E-state index is 0.0436. The topological polar surface area (TPSA) is 91.4 Å². The normalized spacial score (nSPS) is 19.6. The maximum atomic E-state index is 12.3. The van der Waals surface area contributed by atoms with Crippen molar-refractivity contribution < 1.29 is 13.2 Å². The van der Waals surface area contributed by atoms with Crippen molar-refractivity contribution in [2.45, 2.75) is 30.7 Å². The average Bonchev–Trinajstić information content (AvgIpc) is 2.44. The fourth-order valence-electron chi connectivity index (χ4n) is 2.22. The van der Waals surface area contributed by atoms with Gasteiger partial charge in [0.2, 0.25) is 15.9 Å². The minimum Gasteiger partial charge on any atom is -0.370 e. The van der Waals surface area contributed by atoms with Crippen LogP contribution in [0, 0.1) is 0 Å². The van der Waals surface area contributed by atoms with Crippen LogP contribution >= 0.6 is 0 Å². The third kappa shape index (κ3) is 3.92. The molecular formula is C13H20N4O3S. The van der Waals surface area contributed by atoms with Crippen molar-refractivity contribution in [3.05, 3.63) is 18.3 Å². The molecular weight excluding hydrogens is 292 g/mol. The van der Waals surface area contributed by atoms with E-state index in [1.165, 1.54) is 12.3 Å². The average molecular weight is 312 g/mol. The van der Waals surface area contributed by atoms with Gasteiger partial charge in [0.05, 0.1) is 0 Å². The Hall–Kier alpha value is -1.67. The molecule has 116 valence electrons. The van der Waals surface area contributed by atoms with E-state index in [4.69, 9.17) is 0 Å². The number of pyridine rings is 1. The predicted octanol–water partition coefficient (Wildman–Crippen LogP) is 0.413. The highest BCUT2D eigenvalue weighted by atomic mass is 32.2. The largest absolute Gasteiger partial charge is 0.370 e. The molecule has 2 rings (SSSR count).